The lowest BCUT2D eigenvalue weighted by molar-refractivity contribution is -0.144. The summed E-state index contributed by atoms with van der Waals surface area (Å²) in [5.41, 5.74) is 0.00431. The van der Waals surface area contributed by atoms with Crippen molar-refractivity contribution in [1.82, 2.24) is 0 Å². The van der Waals surface area contributed by atoms with Crippen LogP contribution >= 0.6 is 11.8 Å². The van der Waals surface area contributed by atoms with E-state index in [1.54, 1.807) is 0 Å². The third kappa shape index (κ3) is 2.86. The van der Waals surface area contributed by atoms with Crippen LogP contribution in [0.4, 0.5) is 0 Å². The largest absolute Gasteiger partial charge is 0.469 e. The average molecular weight is 206 g/mol. The minimum Gasteiger partial charge on any atom is -0.469 e. The van der Waals surface area contributed by atoms with Crippen molar-refractivity contribution >= 4 is 17.7 Å². The molecule has 3 unspecified atom stereocenters. The lowest BCUT2D eigenvalue weighted by Gasteiger charge is -2.09. The maximum absolute atomic E-state index is 10.9. The highest BCUT2D eigenvalue weighted by atomic mass is 32.2. The smallest absolute Gasteiger partial charge is 0.306 e. The predicted octanol–water partition coefficient (Wildman–Crippen LogP) is 0.736. The van der Waals surface area contributed by atoms with Gasteiger partial charge in [-0.05, 0) is 6.42 Å². The van der Waals surface area contributed by atoms with Crippen molar-refractivity contribution in [2.24, 2.45) is 0 Å². The Morgan fingerprint density at radius 2 is 2.38 bits per heavy atom. The van der Waals surface area contributed by atoms with Gasteiger partial charge in [0.15, 0.2) is 6.29 Å². The van der Waals surface area contributed by atoms with Crippen molar-refractivity contribution in [1.29, 1.82) is 0 Å². The molecule has 0 bridgehead atoms. The van der Waals surface area contributed by atoms with Gasteiger partial charge in [0.1, 0.15) is 5.44 Å². The third-order valence-electron chi connectivity index (χ3n) is 1.86. The first-order valence-corrected chi connectivity index (χ1v) is 5.17. The minimum atomic E-state index is -0.839. The summed E-state index contributed by atoms with van der Waals surface area (Å²) in [6.45, 7) is 1.98. The number of hydrogen-bond acceptors (Lipinski definition) is 5. The number of ether oxygens (including phenoxy) is 2. The molecular formula is C8H14O4S. The van der Waals surface area contributed by atoms with Gasteiger partial charge in [-0.2, -0.15) is 0 Å². The summed E-state index contributed by atoms with van der Waals surface area (Å²) in [5, 5.41) is 9.20. The van der Waals surface area contributed by atoms with Crippen LogP contribution in [0, 0.1) is 0 Å². The monoisotopic (exact) mass is 206 g/mol. The fraction of sp³-hybridized carbons (Fsp3) is 0.875. The van der Waals surface area contributed by atoms with Crippen molar-refractivity contribution in [2.45, 2.75) is 36.7 Å². The number of methoxy groups -OCH3 is 1. The first-order chi connectivity index (χ1) is 6.17. The number of carbonyl (C=O) groups excluding carboxylic acids is 1. The van der Waals surface area contributed by atoms with E-state index in [0.717, 1.165) is 6.42 Å². The molecule has 0 aliphatic carbocycles. The normalized spacial score (nSPS) is 33.3. The molecule has 1 heterocycles. The van der Waals surface area contributed by atoms with Gasteiger partial charge in [0.2, 0.25) is 0 Å². The van der Waals surface area contributed by atoms with Crippen molar-refractivity contribution in [3.05, 3.63) is 0 Å². The van der Waals surface area contributed by atoms with Crippen LogP contribution in [0.25, 0.3) is 0 Å². The molecule has 1 saturated heterocycles. The Bertz CT molecular complexity index is 185. The Kier molecular flexibility index (Phi) is 4.02. The van der Waals surface area contributed by atoms with E-state index >= 15 is 0 Å². The van der Waals surface area contributed by atoms with Gasteiger partial charge >= 0.3 is 5.97 Å². The summed E-state index contributed by atoms with van der Waals surface area (Å²) >= 11 is 1.49. The number of thioether (sulfide) groups is 1. The highest BCUT2D eigenvalue weighted by Gasteiger charge is 2.35. The number of carbonyl (C=O) groups is 1. The van der Waals surface area contributed by atoms with Gasteiger partial charge in [0.25, 0.3) is 0 Å². The van der Waals surface area contributed by atoms with Crippen molar-refractivity contribution < 1.29 is 19.4 Å². The molecule has 1 N–H and O–H groups in total. The SMILES string of the molecule is CCC1OC(O)C(CC(=O)OC)S1. The number of rotatable bonds is 3. The van der Waals surface area contributed by atoms with E-state index in [1.165, 1.54) is 18.9 Å². The van der Waals surface area contributed by atoms with E-state index in [1.807, 2.05) is 6.92 Å². The average Bonchev–Trinajstić information content (AvgIpc) is 2.47. The molecule has 1 fully saturated rings. The molecule has 5 heteroatoms. The topological polar surface area (TPSA) is 55.8 Å². The highest BCUT2D eigenvalue weighted by molar-refractivity contribution is 8.00. The molecule has 1 aliphatic rings. The first-order valence-electron chi connectivity index (χ1n) is 4.23. The Balaban J connectivity index is 2.38. The summed E-state index contributed by atoms with van der Waals surface area (Å²) in [7, 11) is 1.34. The van der Waals surface area contributed by atoms with E-state index in [9.17, 15) is 9.90 Å². The molecule has 76 valence electrons. The summed E-state index contributed by atoms with van der Waals surface area (Å²) in [5.74, 6) is -0.308. The fourth-order valence-corrected chi connectivity index (χ4v) is 2.32. The standard InChI is InChI=1S/C8H14O4S/c1-3-7-12-8(10)5(13-7)4-6(9)11-2/h5,7-8,10H,3-4H2,1-2H3. The third-order valence-corrected chi connectivity index (χ3v) is 3.36. The Morgan fingerprint density at radius 3 is 2.85 bits per heavy atom. The second-order valence-electron chi connectivity index (χ2n) is 2.82. The van der Waals surface area contributed by atoms with Gasteiger partial charge in [0, 0.05) is 0 Å². The zero-order valence-electron chi connectivity index (χ0n) is 7.73. The zero-order chi connectivity index (χ0) is 9.84. The molecule has 0 aromatic heterocycles. The molecule has 0 amide bonds. The van der Waals surface area contributed by atoms with Gasteiger partial charge in [-0.3, -0.25) is 4.79 Å². The summed E-state index contributed by atoms with van der Waals surface area (Å²) in [4.78, 5) is 10.9. The fourth-order valence-electron chi connectivity index (χ4n) is 1.13. The number of aliphatic hydroxyl groups excluding tert-OH is 1. The van der Waals surface area contributed by atoms with Crippen LogP contribution in [-0.4, -0.2) is 35.2 Å². The number of hydrogen-bond donors (Lipinski definition) is 1. The maximum atomic E-state index is 10.9. The van der Waals surface area contributed by atoms with Crippen LogP contribution in [-0.2, 0) is 14.3 Å². The molecular weight excluding hydrogens is 192 g/mol. The molecule has 1 aliphatic heterocycles. The lowest BCUT2D eigenvalue weighted by atomic mass is 10.3. The van der Waals surface area contributed by atoms with E-state index in [4.69, 9.17) is 4.74 Å². The van der Waals surface area contributed by atoms with Gasteiger partial charge in [-0.1, -0.05) is 6.92 Å². The number of esters is 1. The molecule has 4 nitrogen and oxygen atoms in total. The zero-order valence-corrected chi connectivity index (χ0v) is 8.54. The van der Waals surface area contributed by atoms with Crippen LogP contribution in [0.5, 0.6) is 0 Å². The van der Waals surface area contributed by atoms with Crippen molar-refractivity contribution in [3.63, 3.8) is 0 Å². The predicted molar refractivity (Wildman–Crippen MR) is 49.2 cm³/mol. The van der Waals surface area contributed by atoms with Crippen LogP contribution in [0.3, 0.4) is 0 Å². The molecule has 0 saturated carbocycles. The van der Waals surface area contributed by atoms with Gasteiger partial charge in [0.05, 0.1) is 18.8 Å². The van der Waals surface area contributed by atoms with Crippen molar-refractivity contribution in [2.75, 3.05) is 7.11 Å². The van der Waals surface area contributed by atoms with Gasteiger partial charge < -0.3 is 14.6 Å². The highest BCUT2D eigenvalue weighted by Crippen LogP contribution is 2.35. The van der Waals surface area contributed by atoms with E-state index in [2.05, 4.69) is 4.74 Å². The quantitative estimate of drug-likeness (QED) is 0.690. The molecule has 0 aromatic carbocycles. The Hall–Kier alpha value is -0.260. The Labute approximate surface area is 81.6 Å². The first kappa shape index (κ1) is 10.8. The van der Waals surface area contributed by atoms with Crippen LogP contribution < -0.4 is 0 Å². The number of aliphatic hydroxyl groups is 1. The summed E-state index contributed by atoms with van der Waals surface area (Å²) in [6.07, 6.45) is 0.201. The molecule has 0 radical (unpaired) electrons. The molecule has 1 rings (SSSR count). The van der Waals surface area contributed by atoms with E-state index in [0.29, 0.717) is 0 Å². The van der Waals surface area contributed by atoms with Gasteiger partial charge in [-0.25, -0.2) is 0 Å². The van der Waals surface area contributed by atoms with Gasteiger partial charge in [-0.15, -0.1) is 11.8 Å². The maximum Gasteiger partial charge on any atom is 0.306 e. The summed E-state index contributed by atoms with van der Waals surface area (Å²) in [6, 6.07) is 0. The molecule has 13 heavy (non-hydrogen) atoms. The van der Waals surface area contributed by atoms with Crippen LogP contribution in [0.1, 0.15) is 19.8 Å². The van der Waals surface area contributed by atoms with E-state index < -0.39 is 6.29 Å². The summed E-state index contributed by atoms with van der Waals surface area (Å²) < 4.78 is 9.69. The molecule has 0 aromatic rings. The Morgan fingerprint density at radius 1 is 1.69 bits per heavy atom. The van der Waals surface area contributed by atoms with Crippen molar-refractivity contribution in [3.8, 4) is 0 Å². The lowest BCUT2D eigenvalue weighted by Crippen LogP contribution is -2.22. The minimum absolute atomic E-state index is 0.00431. The second kappa shape index (κ2) is 4.83. The van der Waals surface area contributed by atoms with E-state index in [-0.39, 0.29) is 23.1 Å². The molecule has 3 atom stereocenters. The molecule has 0 spiro atoms. The van der Waals surface area contributed by atoms with Crippen LogP contribution in [0.2, 0.25) is 0 Å². The second-order valence-corrected chi connectivity index (χ2v) is 4.22. The van der Waals surface area contributed by atoms with Crippen LogP contribution in [0.15, 0.2) is 0 Å².